The Labute approximate surface area is 170 Å². The maximum absolute atomic E-state index is 12.7. The Morgan fingerprint density at radius 1 is 1.28 bits per heavy atom. The SMILES string of the molecule is CCOCC(=O)N1CC[C@]2(C1)c1cccn1-c1ncccc1N2CC(=O)N(C)C. The Hall–Kier alpha value is -2.87. The zero-order chi connectivity index (χ0) is 20.6. The minimum atomic E-state index is -0.479. The summed E-state index contributed by atoms with van der Waals surface area (Å²) in [6.07, 6.45) is 4.50. The Kier molecular flexibility index (Phi) is 5.04. The minimum absolute atomic E-state index is 0.0123. The summed E-state index contributed by atoms with van der Waals surface area (Å²) in [4.78, 5) is 35.5. The first-order valence-corrected chi connectivity index (χ1v) is 9.94. The quantitative estimate of drug-likeness (QED) is 0.759. The summed E-state index contributed by atoms with van der Waals surface area (Å²) >= 11 is 0. The van der Waals surface area contributed by atoms with Crippen molar-refractivity contribution in [3.05, 3.63) is 42.4 Å². The number of likely N-dealkylation sites (N-methyl/N-ethyl adjacent to an activating group) is 1. The van der Waals surface area contributed by atoms with Crippen molar-refractivity contribution < 1.29 is 14.3 Å². The van der Waals surface area contributed by atoms with Gasteiger partial charge in [0, 0.05) is 46.2 Å². The van der Waals surface area contributed by atoms with Crippen molar-refractivity contribution in [3.8, 4) is 5.82 Å². The maximum atomic E-state index is 12.7. The number of fused-ring (bicyclic) bond motifs is 4. The molecule has 1 saturated heterocycles. The van der Waals surface area contributed by atoms with E-state index in [9.17, 15) is 9.59 Å². The number of anilines is 1. The number of hydrogen-bond donors (Lipinski definition) is 0. The zero-order valence-corrected chi connectivity index (χ0v) is 17.2. The van der Waals surface area contributed by atoms with Crippen LogP contribution in [0.3, 0.4) is 0 Å². The molecule has 1 fully saturated rings. The standard InChI is InChI=1S/C21H27N5O3/c1-4-29-14-19(28)24-12-9-21(15-24)17-8-6-11-25(17)20-16(7-5-10-22-20)26(21)13-18(27)23(2)3/h5-8,10-11H,4,9,12-15H2,1-3H3/t21-/m0/s1. The first kappa shape index (κ1) is 19.4. The largest absolute Gasteiger partial charge is 0.372 e. The van der Waals surface area contributed by atoms with Crippen molar-refractivity contribution in [3.63, 3.8) is 0 Å². The van der Waals surface area contributed by atoms with Gasteiger partial charge in [-0.25, -0.2) is 4.98 Å². The van der Waals surface area contributed by atoms with E-state index in [0.717, 1.165) is 23.6 Å². The van der Waals surface area contributed by atoms with E-state index in [1.54, 1.807) is 25.2 Å². The van der Waals surface area contributed by atoms with E-state index in [1.807, 2.05) is 36.2 Å². The van der Waals surface area contributed by atoms with Crippen LogP contribution in [-0.2, 0) is 19.9 Å². The topological polar surface area (TPSA) is 70.9 Å². The summed E-state index contributed by atoms with van der Waals surface area (Å²) < 4.78 is 7.42. The van der Waals surface area contributed by atoms with Crippen LogP contribution in [0.15, 0.2) is 36.7 Å². The number of nitrogens with zero attached hydrogens (tertiary/aromatic N) is 5. The molecule has 4 heterocycles. The Morgan fingerprint density at radius 2 is 2.10 bits per heavy atom. The fraction of sp³-hybridized carbons (Fsp3) is 0.476. The van der Waals surface area contributed by atoms with Crippen molar-refractivity contribution >= 4 is 17.5 Å². The molecule has 4 rings (SSSR count). The lowest BCUT2D eigenvalue weighted by atomic mass is 9.88. The normalized spacial score (nSPS) is 20.0. The van der Waals surface area contributed by atoms with Crippen LogP contribution in [0.1, 0.15) is 19.0 Å². The molecule has 2 aliphatic heterocycles. The van der Waals surface area contributed by atoms with Gasteiger partial charge in [-0.05, 0) is 37.6 Å². The molecule has 2 aliphatic rings. The molecule has 2 amide bonds. The summed E-state index contributed by atoms with van der Waals surface area (Å²) in [6.45, 7) is 3.84. The van der Waals surface area contributed by atoms with E-state index in [0.29, 0.717) is 19.7 Å². The molecule has 8 heteroatoms. The number of carbonyl (C=O) groups is 2. The van der Waals surface area contributed by atoms with Crippen LogP contribution in [0.2, 0.25) is 0 Å². The van der Waals surface area contributed by atoms with Crippen LogP contribution in [-0.4, -0.2) is 78.1 Å². The molecule has 0 radical (unpaired) electrons. The fourth-order valence-electron chi connectivity index (χ4n) is 4.33. The number of carbonyl (C=O) groups excluding carboxylic acids is 2. The fourth-order valence-corrected chi connectivity index (χ4v) is 4.33. The number of pyridine rings is 1. The van der Waals surface area contributed by atoms with Crippen molar-refractivity contribution in [2.45, 2.75) is 18.9 Å². The second kappa shape index (κ2) is 7.51. The van der Waals surface area contributed by atoms with Gasteiger partial charge in [0.1, 0.15) is 12.1 Å². The third kappa shape index (κ3) is 3.17. The van der Waals surface area contributed by atoms with Gasteiger partial charge < -0.3 is 24.0 Å². The van der Waals surface area contributed by atoms with Crippen LogP contribution >= 0.6 is 0 Å². The molecule has 8 nitrogen and oxygen atoms in total. The number of aromatic nitrogens is 2. The van der Waals surface area contributed by atoms with Crippen molar-refractivity contribution in [1.29, 1.82) is 0 Å². The van der Waals surface area contributed by atoms with Crippen LogP contribution < -0.4 is 4.90 Å². The van der Waals surface area contributed by atoms with Gasteiger partial charge in [0.25, 0.3) is 0 Å². The lowest BCUT2D eigenvalue weighted by Gasteiger charge is -2.46. The first-order valence-electron chi connectivity index (χ1n) is 9.94. The van der Waals surface area contributed by atoms with Crippen LogP contribution in [0.25, 0.3) is 5.82 Å². The van der Waals surface area contributed by atoms with Gasteiger partial charge in [0.05, 0.1) is 17.9 Å². The summed E-state index contributed by atoms with van der Waals surface area (Å²) in [7, 11) is 3.52. The van der Waals surface area contributed by atoms with Crippen LogP contribution in [0.5, 0.6) is 0 Å². The first-order chi connectivity index (χ1) is 14.0. The molecule has 29 heavy (non-hydrogen) atoms. The Bertz CT molecular complexity index is 925. The zero-order valence-electron chi connectivity index (χ0n) is 17.2. The average Bonchev–Trinajstić information content (AvgIpc) is 3.38. The van der Waals surface area contributed by atoms with Crippen LogP contribution in [0.4, 0.5) is 5.69 Å². The maximum Gasteiger partial charge on any atom is 0.248 e. The molecule has 0 bridgehead atoms. The predicted octanol–water partition coefficient (Wildman–Crippen LogP) is 1.24. The van der Waals surface area contributed by atoms with Gasteiger partial charge in [-0.15, -0.1) is 0 Å². The van der Waals surface area contributed by atoms with E-state index in [4.69, 9.17) is 4.74 Å². The van der Waals surface area contributed by atoms with E-state index in [-0.39, 0.29) is 25.0 Å². The average molecular weight is 397 g/mol. The summed E-state index contributed by atoms with van der Waals surface area (Å²) in [5, 5.41) is 0. The number of amides is 2. The van der Waals surface area contributed by atoms with Crippen molar-refractivity contribution in [1.82, 2.24) is 19.4 Å². The van der Waals surface area contributed by atoms with Gasteiger partial charge in [-0.2, -0.15) is 0 Å². The van der Waals surface area contributed by atoms with Gasteiger partial charge in [0.2, 0.25) is 11.8 Å². The predicted molar refractivity (Wildman–Crippen MR) is 109 cm³/mol. The van der Waals surface area contributed by atoms with Crippen molar-refractivity contribution in [2.75, 3.05) is 51.8 Å². The molecule has 2 aromatic rings. The molecule has 0 unspecified atom stereocenters. The number of ether oxygens (including phenoxy) is 1. The lowest BCUT2D eigenvalue weighted by molar-refractivity contribution is -0.135. The third-order valence-corrected chi connectivity index (χ3v) is 5.85. The molecule has 1 atom stereocenters. The smallest absolute Gasteiger partial charge is 0.248 e. The summed E-state index contributed by atoms with van der Waals surface area (Å²) in [5.74, 6) is 0.805. The highest BCUT2D eigenvalue weighted by Crippen LogP contribution is 2.46. The van der Waals surface area contributed by atoms with E-state index in [1.165, 1.54) is 0 Å². The Morgan fingerprint density at radius 3 is 2.86 bits per heavy atom. The molecule has 1 spiro atoms. The highest BCUT2D eigenvalue weighted by molar-refractivity contribution is 5.84. The third-order valence-electron chi connectivity index (χ3n) is 5.85. The second-order valence-corrected chi connectivity index (χ2v) is 7.72. The minimum Gasteiger partial charge on any atom is -0.372 e. The van der Waals surface area contributed by atoms with Crippen LogP contribution in [0, 0.1) is 0 Å². The number of rotatable bonds is 5. The highest BCUT2D eigenvalue weighted by atomic mass is 16.5. The van der Waals surface area contributed by atoms with E-state index in [2.05, 4.69) is 20.5 Å². The van der Waals surface area contributed by atoms with Gasteiger partial charge in [0.15, 0.2) is 5.82 Å². The monoisotopic (exact) mass is 397 g/mol. The lowest BCUT2D eigenvalue weighted by Crippen LogP contribution is -2.55. The van der Waals surface area contributed by atoms with E-state index < -0.39 is 5.54 Å². The molecular weight excluding hydrogens is 370 g/mol. The number of likely N-dealkylation sites (tertiary alicyclic amines) is 1. The molecule has 154 valence electrons. The summed E-state index contributed by atoms with van der Waals surface area (Å²) in [6, 6.07) is 7.96. The molecule has 0 saturated carbocycles. The number of hydrogen-bond acceptors (Lipinski definition) is 5. The Balaban J connectivity index is 1.77. The second-order valence-electron chi connectivity index (χ2n) is 7.72. The van der Waals surface area contributed by atoms with Crippen molar-refractivity contribution in [2.24, 2.45) is 0 Å². The molecule has 0 N–H and O–H groups in total. The van der Waals surface area contributed by atoms with E-state index >= 15 is 0 Å². The summed E-state index contributed by atoms with van der Waals surface area (Å²) in [5.41, 5.74) is 1.49. The molecule has 0 aliphatic carbocycles. The van der Waals surface area contributed by atoms with Gasteiger partial charge in [-0.1, -0.05) is 0 Å². The van der Waals surface area contributed by atoms with Gasteiger partial charge >= 0.3 is 0 Å². The highest BCUT2D eigenvalue weighted by Gasteiger charge is 2.51. The molecule has 2 aromatic heterocycles. The molecule has 0 aromatic carbocycles. The molecular formula is C21H27N5O3. The van der Waals surface area contributed by atoms with Gasteiger partial charge in [-0.3, -0.25) is 9.59 Å².